The summed E-state index contributed by atoms with van der Waals surface area (Å²) in [5, 5.41) is 9.14. The second-order valence-corrected chi connectivity index (χ2v) is 4.15. The molecule has 0 aromatic carbocycles. The van der Waals surface area contributed by atoms with Gasteiger partial charge in [-0.15, -0.1) is 5.10 Å². The third kappa shape index (κ3) is 4.15. The number of aromatic amines is 1. The lowest BCUT2D eigenvalue weighted by atomic mass is 10.3. The maximum Gasteiger partial charge on any atom is 0.290 e. The first-order chi connectivity index (χ1) is 8.54. The van der Waals surface area contributed by atoms with E-state index in [0.717, 1.165) is 12.8 Å². The fourth-order valence-corrected chi connectivity index (χ4v) is 1.33. The number of nitrogens with one attached hydrogen (secondary N) is 2. The van der Waals surface area contributed by atoms with E-state index in [1.165, 1.54) is 4.90 Å². The molecule has 0 aliphatic rings. The van der Waals surface area contributed by atoms with Crippen LogP contribution in [0.1, 0.15) is 36.2 Å². The molecular weight excluding hydrogens is 234 g/mol. The molecule has 0 spiro atoms. The van der Waals surface area contributed by atoms with Crippen LogP contribution < -0.4 is 5.32 Å². The summed E-state index contributed by atoms with van der Waals surface area (Å²) in [4.78, 5) is 28.5. The summed E-state index contributed by atoms with van der Waals surface area (Å²) in [6, 6.07) is 0. The molecule has 100 valence electrons. The summed E-state index contributed by atoms with van der Waals surface area (Å²) in [5.41, 5.74) is 0. The number of nitrogens with zero attached hydrogens (tertiary/aromatic N) is 3. The molecule has 2 amide bonds. The van der Waals surface area contributed by atoms with E-state index in [2.05, 4.69) is 20.5 Å². The lowest BCUT2D eigenvalue weighted by molar-refractivity contribution is -0.128. The Balaban J connectivity index is 2.38. The third-order valence-electron chi connectivity index (χ3n) is 2.34. The first kappa shape index (κ1) is 14.1. The average molecular weight is 253 g/mol. The topological polar surface area (TPSA) is 91.0 Å². The van der Waals surface area contributed by atoms with E-state index in [9.17, 15) is 9.59 Å². The van der Waals surface area contributed by atoms with Crippen LogP contribution in [0.5, 0.6) is 0 Å². The van der Waals surface area contributed by atoms with E-state index < -0.39 is 0 Å². The van der Waals surface area contributed by atoms with Crippen LogP contribution in [0.4, 0.5) is 0 Å². The van der Waals surface area contributed by atoms with Crippen molar-refractivity contribution in [1.29, 1.82) is 0 Å². The number of aryl methyl sites for hydroxylation is 1. The van der Waals surface area contributed by atoms with Crippen molar-refractivity contribution < 1.29 is 9.59 Å². The minimum absolute atomic E-state index is 0.0306. The quantitative estimate of drug-likeness (QED) is 0.744. The lowest BCUT2D eigenvalue weighted by Crippen LogP contribution is -2.30. The largest absolute Gasteiger partial charge is 0.349 e. The van der Waals surface area contributed by atoms with Crippen LogP contribution in [-0.4, -0.2) is 52.5 Å². The molecule has 0 bridgehead atoms. The van der Waals surface area contributed by atoms with Gasteiger partial charge in [-0.2, -0.15) is 0 Å². The molecule has 1 heterocycles. The number of carbonyl (C=O) groups is 2. The van der Waals surface area contributed by atoms with Crippen LogP contribution >= 0.6 is 0 Å². The first-order valence-electron chi connectivity index (χ1n) is 5.94. The van der Waals surface area contributed by atoms with Gasteiger partial charge in [0.1, 0.15) is 5.82 Å². The van der Waals surface area contributed by atoms with Crippen molar-refractivity contribution in [3.8, 4) is 0 Å². The number of aromatic nitrogens is 3. The molecule has 0 atom stereocenters. The van der Waals surface area contributed by atoms with Crippen molar-refractivity contribution in [2.24, 2.45) is 0 Å². The maximum absolute atomic E-state index is 11.6. The van der Waals surface area contributed by atoms with Crippen molar-refractivity contribution in [3.63, 3.8) is 0 Å². The Bertz CT molecular complexity index is 413. The second kappa shape index (κ2) is 6.73. The van der Waals surface area contributed by atoms with Gasteiger partial charge in [-0.3, -0.25) is 14.7 Å². The van der Waals surface area contributed by atoms with Crippen LogP contribution in [0.2, 0.25) is 0 Å². The summed E-state index contributed by atoms with van der Waals surface area (Å²) in [6.07, 6.45) is 1.97. The SMILES string of the molecule is CCCc1nc(C(=O)NCCC(=O)N(C)C)n[nH]1. The highest BCUT2D eigenvalue weighted by Crippen LogP contribution is 1.96. The summed E-state index contributed by atoms with van der Waals surface area (Å²) in [5.74, 6) is 0.430. The summed E-state index contributed by atoms with van der Waals surface area (Å²) < 4.78 is 0. The Labute approximate surface area is 106 Å². The van der Waals surface area contributed by atoms with Gasteiger partial charge in [0.2, 0.25) is 11.7 Å². The van der Waals surface area contributed by atoms with E-state index in [0.29, 0.717) is 5.82 Å². The fourth-order valence-electron chi connectivity index (χ4n) is 1.33. The maximum atomic E-state index is 11.6. The number of rotatable bonds is 6. The average Bonchev–Trinajstić information content (AvgIpc) is 2.77. The molecule has 1 aromatic rings. The Kier molecular flexibility index (Phi) is 5.29. The minimum atomic E-state index is -0.361. The molecule has 7 nitrogen and oxygen atoms in total. The molecule has 0 aliphatic heterocycles. The van der Waals surface area contributed by atoms with Crippen LogP contribution in [0.3, 0.4) is 0 Å². The normalized spacial score (nSPS) is 10.2. The molecule has 0 unspecified atom stereocenters. The predicted octanol–water partition coefficient (Wildman–Crippen LogP) is -0.0347. The molecule has 0 saturated carbocycles. The molecule has 1 rings (SSSR count). The molecule has 0 aliphatic carbocycles. The van der Waals surface area contributed by atoms with Crippen LogP contribution in [-0.2, 0) is 11.2 Å². The van der Waals surface area contributed by atoms with Crippen LogP contribution in [0, 0.1) is 0 Å². The number of amides is 2. The van der Waals surface area contributed by atoms with Gasteiger partial charge in [-0.05, 0) is 6.42 Å². The fraction of sp³-hybridized carbons (Fsp3) is 0.636. The molecule has 0 saturated heterocycles. The molecular formula is C11H19N5O2. The summed E-state index contributed by atoms with van der Waals surface area (Å²) >= 11 is 0. The zero-order valence-corrected chi connectivity index (χ0v) is 11.0. The lowest BCUT2D eigenvalue weighted by Gasteiger charge is -2.09. The number of carbonyl (C=O) groups excluding carboxylic acids is 2. The van der Waals surface area contributed by atoms with Crippen molar-refractivity contribution in [2.45, 2.75) is 26.2 Å². The van der Waals surface area contributed by atoms with E-state index in [1.54, 1.807) is 14.1 Å². The highest BCUT2D eigenvalue weighted by molar-refractivity contribution is 5.90. The van der Waals surface area contributed by atoms with Gasteiger partial charge in [0, 0.05) is 33.5 Å². The van der Waals surface area contributed by atoms with Gasteiger partial charge in [-0.25, -0.2) is 4.98 Å². The van der Waals surface area contributed by atoms with Gasteiger partial charge in [0.15, 0.2) is 0 Å². The Morgan fingerprint density at radius 3 is 2.72 bits per heavy atom. The highest BCUT2D eigenvalue weighted by Gasteiger charge is 2.12. The zero-order chi connectivity index (χ0) is 13.5. The molecule has 1 aromatic heterocycles. The van der Waals surface area contributed by atoms with Gasteiger partial charge in [-0.1, -0.05) is 6.92 Å². The van der Waals surface area contributed by atoms with Crippen molar-refractivity contribution in [2.75, 3.05) is 20.6 Å². The number of hydrogen-bond donors (Lipinski definition) is 2. The van der Waals surface area contributed by atoms with E-state index in [4.69, 9.17) is 0 Å². The minimum Gasteiger partial charge on any atom is -0.349 e. The van der Waals surface area contributed by atoms with E-state index in [1.807, 2.05) is 6.92 Å². The van der Waals surface area contributed by atoms with E-state index >= 15 is 0 Å². The Morgan fingerprint density at radius 1 is 1.39 bits per heavy atom. The van der Waals surface area contributed by atoms with Crippen molar-refractivity contribution in [3.05, 3.63) is 11.6 Å². The van der Waals surface area contributed by atoms with Crippen molar-refractivity contribution in [1.82, 2.24) is 25.4 Å². The number of H-pyrrole nitrogens is 1. The summed E-state index contributed by atoms with van der Waals surface area (Å²) in [6.45, 7) is 2.31. The molecule has 0 radical (unpaired) electrons. The first-order valence-corrected chi connectivity index (χ1v) is 5.94. The molecule has 7 heteroatoms. The number of hydrogen-bond acceptors (Lipinski definition) is 4. The van der Waals surface area contributed by atoms with Gasteiger partial charge in [0.05, 0.1) is 0 Å². The second-order valence-electron chi connectivity index (χ2n) is 4.15. The van der Waals surface area contributed by atoms with Gasteiger partial charge in [0.25, 0.3) is 5.91 Å². The molecule has 18 heavy (non-hydrogen) atoms. The predicted molar refractivity (Wildman–Crippen MR) is 66.0 cm³/mol. The Morgan fingerprint density at radius 2 is 2.11 bits per heavy atom. The molecule has 0 fully saturated rings. The zero-order valence-electron chi connectivity index (χ0n) is 11.0. The highest BCUT2D eigenvalue weighted by atomic mass is 16.2. The smallest absolute Gasteiger partial charge is 0.290 e. The van der Waals surface area contributed by atoms with Crippen LogP contribution in [0.15, 0.2) is 0 Å². The third-order valence-corrected chi connectivity index (χ3v) is 2.34. The Hall–Kier alpha value is -1.92. The van der Waals surface area contributed by atoms with Crippen LogP contribution in [0.25, 0.3) is 0 Å². The van der Waals surface area contributed by atoms with Gasteiger partial charge >= 0.3 is 0 Å². The van der Waals surface area contributed by atoms with Crippen molar-refractivity contribution >= 4 is 11.8 Å². The monoisotopic (exact) mass is 253 g/mol. The molecule has 2 N–H and O–H groups in total. The van der Waals surface area contributed by atoms with E-state index in [-0.39, 0.29) is 30.6 Å². The summed E-state index contributed by atoms with van der Waals surface area (Å²) in [7, 11) is 3.35. The van der Waals surface area contributed by atoms with Gasteiger partial charge < -0.3 is 10.2 Å². The standard InChI is InChI=1S/C11H19N5O2/c1-4-5-8-13-10(15-14-8)11(18)12-7-6-9(17)16(2)3/h4-7H2,1-3H3,(H,12,18)(H,13,14,15).